The lowest BCUT2D eigenvalue weighted by Crippen LogP contribution is -2.68. The minimum atomic E-state index is -2.09. The number of hydrogen-bond donors (Lipinski definition) is 11. The predicted molar refractivity (Wildman–Crippen MR) is 174 cm³/mol. The van der Waals surface area contributed by atoms with Crippen LogP contribution in [0.1, 0.15) is 6.92 Å². The quantitative estimate of drug-likeness (QED) is 0.0542. The van der Waals surface area contributed by atoms with Gasteiger partial charge in [0.05, 0.1) is 45.1 Å². The van der Waals surface area contributed by atoms with Crippen LogP contribution in [0.5, 0.6) is 0 Å². The molecule has 0 aliphatic carbocycles. The van der Waals surface area contributed by atoms with Crippen molar-refractivity contribution in [3.8, 4) is 0 Å². The monoisotopic (exact) mass is 851 g/mol. The fourth-order valence-electron chi connectivity index (χ4n) is 6.85. The summed E-state index contributed by atoms with van der Waals surface area (Å²) in [6, 6.07) is 0. The molecule has 0 bridgehead atoms. The minimum absolute atomic E-state index is 0.473. The van der Waals surface area contributed by atoms with E-state index in [1.54, 1.807) is 0 Å². The molecule has 26 heteroatoms. The van der Waals surface area contributed by atoms with Crippen LogP contribution >= 0.6 is 0 Å². The topological polar surface area (TPSA) is 398 Å². The van der Waals surface area contributed by atoms with Gasteiger partial charge in [-0.05, 0) is 6.92 Å². The molecule has 4 fully saturated rings. The van der Waals surface area contributed by atoms with E-state index in [9.17, 15) is 65.4 Å². The van der Waals surface area contributed by atoms with Crippen molar-refractivity contribution in [2.24, 2.45) is 0 Å². The molecule has 20 atom stereocenters. The number of aliphatic hydroxyl groups excluding tert-OH is 9. The fraction of sp³-hybridized carbons (Fsp3) is 0.906. The van der Waals surface area contributed by atoms with E-state index in [1.165, 1.54) is 6.92 Å². The van der Waals surface area contributed by atoms with Gasteiger partial charge >= 0.3 is 11.9 Å². The lowest BCUT2D eigenvalue weighted by molar-refractivity contribution is -0.389. The molecule has 0 aromatic carbocycles. The Kier molecular flexibility index (Phi) is 18.2. The van der Waals surface area contributed by atoms with Crippen molar-refractivity contribution in [1.82, 2.24) is 0 Å². The summed E-state index contributed by atoms with van der Waals surface area (Å²) in [6.45, 7) is -4.24. The second kappa shape index (κ2) is 21.9. The van der Waals surface area contributed by atoms with Crippen molar-refractivity contribution < 1.29 is 128 Å². The first-order valence-electron chi connectivity index (χ1n) is 17.9. The summed E-state index contributed by atoms with van der Waals surface area (Å²) < 4.78 is 60.5. The van der Waals surface area contributed by atoms with Gasteiger partial charge in [0.25, 0.3) is 0 Å². The summed E-state index contributed by atoms with van der Waals surface area (Å²) in [6.07, 6.45) is -33.9. The van der Waals surface area contributed by atoms with Gasteiger partial charge in [0.15, 0.2) is 18.9 Å². The van der Waals surface area contributed by atoms with Gasteiger partial charge in [0, 0.05) is 7.11 Å². The molecule has 26 nitrogen and oxygen atoms in total. The molecule has 336 valence electrons. The third kappa shape index (κ3) is 11.7. The molecule has 58 heavy (non-hydrogen) atoms. The van der Waals surface area contributed by atoms with E-state index < -0.39 is 187 Å². The van der Waals surface area contributed by atoms with Crippen LogP contribution in [0.25, 0.3) is 0 Å². The molecule has 0 amide bonds. The zero-order valence-electron chi connectivity index (χ0n) is 31.0. The van der Waals surface area contributed by atoms with Gasteiger partial charge < -0.3 is 118 Å². The summed E-state index contributed by atoms with van der Waals surface area (Å²) in [7, 11) is 1.16. The Hall–Kier alpha value is -2.39. The lowest BCUT2D eigenvalue weighted by Gasteiger charge is -2.50. The van der Waals surface area contributed by atoms with Gasteiger partial charge in [-0.25, -0.2) is 9.59 Å². The maximum atomic E-state index is 11.5. The second-order valence-electron chi connectivity index (χ2n) is 13.8. The molecule has 4 aliphatic heterocycles. The highest BCUT2D eigenvalue weighted by molar-refractivity contribution is 5.68. The van der Waals surface area contributed by atoms with Crippen LogP contribution in [0.4, 0.5) is 0 Å². The largest absolute Gasteiger partial charge is 0.548 e. The summed E-state index contributed by atoms with van der Waals surface area (Å²) >= 11 is 0. The standard InChI is InChI=1S/C32H52O26/c1-10-18(41)19(42)28(14(52-10)6-50-8-16(37)38)57-30-23(46)21(44)26(11(3-33)53-30)58-32-29(51-9-17(39)40)24(47)27(12(4-34)54-32)56-31-22(45)20(43)25(48-2)13(55-31)5-49-7-15(35)36/h10-14,18-34,41-47H,3-9H2,1-2H3,(H,35,36)(H,37,38)(H,39,40)/p-1/t10-,11?,12?,13?,14?,18?,19?,20+,21+,22?,23?,24?,25+,26+,27+,28+,29?,30-,31-,32-/m0/s1. The smallest absolute Gasteiger partial charge is 0.329 e. The predicted octanol–water partition coefficient (Wildman–Crippen LogP) is -9.03. The van der Waals surface area contributed by atoms with Crippen molar-refractivity contribution in [2.75, 3.05) is 53.4 Å². The molecule has 10 unspecified atom stereocenters. The zero-order valence-corrected chi connectivity index (χ0v) is 31.0. The third-order valence-corrected chi connectivity index (χ3v) is 9.74. The van der Waals surface area contributed by atoms with Crippen molar-refractivity contribution >= 4 is 17.9 Å². The normalized spacial score (nSPS) is 43.5. The van der Waals surface area contributed by atoms with Crippen LogP contribution in [0.15, 0.2) is 0 Å². The van der Waals surface area contributed by atoms with Crippen molar-refractivity contribution in [3.05, 3.63) is 0 Å². The molecule has 4 aliphatic rings. The Bertz CT molecular complexity index is 1310. The SMILES string of the molecule is CO[C@@H]1C(COCC(=O)O)O[C@@H](O[C@@H]2C(CO)O[C@@H](O[C@@H]3C(CO)O[C@@H](O[C@@H]4C(COCC(=O)O)O[C@@H](C)C(O)C4O)C(O)[C@H]3O)C(OCC(=O)[O-])C2O)C(O)[C@H]1O. The molecule has 4 heterocycles. The Morgan fingerprint density at radius 2 is 0.948 bits per heavy atom. The molecule has 0 aromatic rings. The number of carboxylic acids is 3. The van der Waals surface area contributed by atoms with E-state index in [0.29, 0.717) is 0 Å². The maximum Gasteiger partial charge on any atom is 0.329 e. The number of aliphatic hydroxyl groups is 9. The van der Waals surface area contributed by atoms with E-state index in [-0.39, 0.29) is 0 Å². The van der Waals surface area contributed by atoms with Crippen molar-refractivity contribution in [2.45, 2.75) is 130 Å². The number of hydrogen-bond acceptors (Lipinski definition) is 24. The Morgan fingerprint density at radius 1 is 0.534 bits per heavy atom. The third-order valence-electron chi connectivity index (χ3n) is 9.74. The van der Waals surface area contributed by atoms with Gasteiger partial charge in [-0.3, -0.25) is 0 Å². The van der Waals surface area contributed by atoms with Crippen LogP contribution in [-0.4, -0.2) is 250 Å². The number of rotatable bonds is 20. The van der Waals surface area contributed by atoms with Crippen LogP contribution < -0.4 is 5.11 Å². The lowest BCUT2D eigenvalue weighted by atomic mass is 9.94. The number of carbonyl (C=O) groups excluding carboxylic acids is 1. The average molecular weight is 852 g/mol. The molecular weight excluding hydrogens is 800 g/mol. The maximum absolute atomic E-state index is 11.5. The minimum Gasteiger partial charge on any atom is -0.548 e. The van der Waals surface area contributed by atoms with Crippen molar-refractivity contribution in [1.29, 1.82) is 0 Å². The molecule has 0 spiro atoms. The van der Waals surface area contributed by atoms with Gasteiger partial charge in [-0.1, -0.05) is 0 Å². The van der Waals surface area contributed by atoms with E-state index in [4.69, 9.17) is 62.3 Å². The van der Waals surface area contributed by atoms with Gasteiger partial charge in [0.2, 0.25) is 0 Å². The summed E-state index contributed by atoms with van der Waals surface area (Å²) in [5, 5.41) is 126. The molecule has 11 N–H and O–H groups in total. The fourth-order valence-corrected chi connectivity index (χ4v) is 6.85. The van der Waals surface area contributed by atoms with E-state index >= 15 is 0 Å². The highest BCUT2D eigenvalue weighted by Gasteiger charge is 2.55. The molecule has 0 saturated carbocycles. The van der Waals surface area contributed by atoms with Crippen LogP contribution in [0, 0.1) is 0 Å². The molecule has 0 radical (unpaired) electrons. The number of carboxylic acid groups (broad SMARTS) is 3. The summed E-state index contributed by atoms with van der Waals surface area (Å²) in [4.78, 5) is 33.3. The van der Waals surface area contributed by atoms with Gasteiger partial charge in [-0.15, -0.1) is 0 Å². The Morgan fingerprint density at radius 3 is 1.43 bits per heavy atom. The number of methoxy groups -OCH3 is 1. The average Bonchev–Trinajstić information content (AvgIpc) is 3.17. The molecule has 4 saturated heterocycles. The molecular formula is C32H51O26-. The van der Waals surface area contributed by atoms with E-state index in [0.717, 1.165) is 7.11 Å². The highest BCUT2D eigenvalue weighted by atomic mass is 16.8. The van der Waals surface area contributed by atoms with Gasteiger partial charge in [-0.2, -0.15) is 0 Å². The zero-order chi connectivity index (χ0) is 43.0. The first-order chi connectivity index (χ1) is 27.4. The van der Waals surface area contributed by atoms with Crippen molar-refractivity contribution in [3.63, 3.8) is 0 Å². The summed E-state index contributed by atoms with van der Waals surface area (Å²) in [5.74, 6) is -4.44. The molecule has 4 rings (SSSR count). The van der Waals surface area contributed by atoms with E-state index in [2.05, 4.69) is 0 Å². The second-order valence-corrected chi connectivity index (χ2v) is 13.8. The first-order valence-corrected chi connectivity index (χ1v) is 17.9. The highest BCUT2D eigenvalue weighted by Crippen LogP contribution is 2.35. The summed E-state index contributed by atoms with van der Waals surface area (Å²) in [5.41, 5.74) is 0. The Labute approximate surface area is 328 Å². The van der Waals surface area contributed by atoms with Crippen LogP contribution in [0.2, 0.25) is 0 Å². The Balaban J connectivity index is 1.52. The molecule has 0 aromatic heterocycles. The first kappa shape index (κ1) is 48.3. The number of ether oxygens (including phenoxy) is 11. The van der Waals surface area contributed by atoms with Gasteiger partial charge in [0.1, 0.15) is 111 Å². The van der Waals surface area contributed by atoms with E-state index in [1.807, 2.05) is 0 Å². The number of carbonyl (C=O) groups is 3. The van der Waals surface area contributed by atoms with Crippen LogP contribution in [-0.2, 0) is 66.5 Å². The number of aliphatic carboxylic acids is 3. The van der Waals surface area contributed by atoms with Crippen LogP contribution in [0.3, 0.4) is 0 Å².